The summed E-state index contributed by atoms with van der Waals surface area (Å²) in [6, 6.07) is 28.0. The van der Waals surface area contributed by atoms with Gasteiger partial charge in [0.05, 0.1) is 49.8 Å². The van der Waals surface area contributed by atoms with Gasteiger partial charge in [0.15, 0.2) is 0 Å². The fourth-order valence-electron chi connectivity index (χ4n) is 16.0. The van der Waals surface area contributed by atoms with Gasteiger partial charge >= 0.3 is 0 Å². The summed E-state index contributed by atoms with van der Waals surface area (Å²) >= 11 is 7.89. The SMILES string of the molecule is Cc1ncsc1-c1ccc(CNC(=O)[C@@H]2C[C@@H](O)CN2C(=O)[C@@H](NCCCCCCCCCN2CCN(C3CCC(CNc4ccc(S(=O)(=O)NC(=O)c5ccc(N6CCN(CC7=C(c8ccc(Cl)cc8)CC(C)(C)CC7)CC6)cc5Oc5cnc6[nH]ccc6c5)cc4[N+](=O)[O-])CC3)CC2)C(C)(C)C)cc1. The van der Waals surface area contributed by atoms with Crippen LogP contribution in [0.4, 0.5) is 17.1 Å². The third-order valence-electron chi connectivity index (χ3n) is 22.3. The number of aliphatic hydroxyl groups is 1. The highest BCUT2D eigenvalue weighted by atomic mass is 35.5. The van der Waals surface area contributed by atoms with Crippen LogP contribution in [0.1, 0.15) is 158 Å². The monoisotopic (exact) mass is 1500 g/mol. The average molecular weight is 1510 g/mol. The fraction of sp³-hybridized carbons (Fsp3) is 0.519. The summed E-state index contributed by atoms with van der Waals surface area (Å²) < 4.78 is 36.8. The van der Waals surface area contributed by atoms with Crippen LogP contribution in [0.25, 0.3) is 27.0 Å². The molecule has 568 valence electrons. The Morgan fingerprint density at radius 3 is 2.25 bits per heavy atom. The summed E-state index contributed by atoms with van der Waals surface area (Å²) in [6.45, 7) is 23.7. The number of H-pyrrole nitrogens is 1. The number of nitrogens with zero attached hydrogens (tertiary/aromatic N) is 8. The number of nitro groups is 1. The lowest BCUT2D eigenvalue weighted by Crippen LogP contribution is -2.56. The number of carbonyl (C=O) groups excluding carboxylic acids is 3. The van der Waals surface area contributed by atoms with Crippen molar-refractivity contribution in [1.82, 2.24) is 49.9 Å². The molecule has 3 aliphatic heterocycles. The molecule has 5 aliphatic rings. The van der Waals surface area contributed by atoms with Crippen molar-refractivity contribution in [3.05, 3.63) is 158 Å². The number of aliphatic hydroxyl groups excluding tert-OH is 1. The van der Waals surface area contributed by atoms with E-state index in [4.69, 9.17) is 16.3 Å². The Kier molecular flexibility index (Phi) is 25.7. The number of aryl methyl sites for hydroxylation is 1. The number of fused-ring (bicyclic) bond motifs is 1. The number of thiazole rings is 1. The lowest BCUT2D eigenvalue weighted by atomic mass is 9.72. The molecule has 7 aromatic rings. The van der Waals surface area contributed by atoms with Crippen LogP contribution in [0.15, 0.2) is 125 Å². The second-order valence-corrected chi connectivity index (χ2v) is 34.6. The minimum absolute atomic E-state index is 0.0392. The minimum Gasteiger partial charge on any atom is -0.455 e. The molecule has 1 saturated carbocycles. The zero-order valence-electron chi connectivity index (χ0n) is 62.3. The lowest BCUT2D eigenvalue weighted by Gasteiger charge is -2.42. The quantitative estimate of drug-likeness (QED) is 0.0139. The Bertz CT molecular complexity index is 4330. The van der Waals surface area contributed by atoms with E-state index in [1.54, 1.807) is 46.7 Å². The number of ether oxygens (including phenoxy) is 1. The topological polar surface area (TPSA) is 264 Å². The number of halogens is 1. The molecule has 6 N–H and O–H groups in total. The molecule has 3 atom stereocenters. The van der Waals surface area contributed by atoms with E-state index in [0.717, 1.165) is 160 Å². The van der Waals surface area contributed by atoms with Crippen LogP contribution in [-0.4, -0.2) is 180 Å². The highest BCUT2D eigenvalue weighted by molar-refractivity contribution is 7.90. The maximum Gasteiger partial charge on any atom is 0.293 e. The Balaban J connectivity index is 0.547. The number of rotatable bonds is 30. The second kappa shape index (κ2) is 35.0. The summed E-state index contributed by atoms with van der Waals surface area (Å²) in [6.07, 6.45) is 17.9. The zero-order valence-corrected chi connectivity index (χ0v) is 64.7. The van der Waals surface area contributed by atoms with Gasteiger partial charge in [-0.25, -0.2) is 23.1 Å². The van der Waals surface area contributed by atoms with Crippen molar-refractivity contribution in [2.75, 3.05) is 95.3 Å². The number of hydrogen-bond acceptors (Lipinski definition) is 18. The van der Waals surface area contributed by atoms with Gasteiger partial charge in [0.2, 0.25) is 11.8 Å². The number of aromatic amines is 1. The summed E-state index contributed by atoms with van der Waals surface area (Å²) in [5, 5.41) is 34.7. The molecule has 6 heterocycles. The molecule has 4 fully saturated rings. The van der Waals surface area contributed by atoms with Gasteiger partial charge in [-0.2, -0.15) is 0 Å². The molecule has 2 aliphatic carbocycles. The molecule has 0 bridgehead atoms. The van der Waals surface area contributed by atoms with Crippen LogP contribution < -0.4 is 30.3 Å². The number of likely N-dealkylation sites (tertiary alicyclic amines) is 1. The number of aromatic nitrogens is 3. The zero-order chi connectivity index (χ0) is 74.7. The van der Waals surface area contributed by atoms with E-state index in [2.05, 4.69) is 81.2 Å². The number of allylic oxidation sites excluding steroid dienone is 1. The molecule has 0 unspecified atom stereocenters. The molecule has 0 radical (unpaired) electrons. The molecule has 3 saturated heterocycles. The van der Waals surface area contributed by atoms with Gasteiger partial charge in [0.1, 0.15) is 28.9 Å². The van der Waals surface area contributed by atoms with Crippen LogP contribution >= 0.6 is 22.9 Å². The predicted octanol–water partition coefficient (Wildman–Crippen LogP) is 13.9. The van der Waals surface area contributed by atoms with Gasteiger partial charge in [-0.1, -0.05) is 120 Å². The summed E-state index contributed by atoms with van der Waals surface area (Å²) in [7, 11) is -4.62. The number of sulfonamides is 1. The highest BCUT2D eigenvalue weighted by Crippen LogP contribution is 2.44. The van der Waals surface area contributed by atoms with E-state index in [1.165, 1.54) is 60.7 Å². The number of anilines is 2. The fourth-order valence-corrected chi connectivity index (χ4v) is 17.9. The van der Waals surface area contributed by atoms with E-state index in [-0.39, 0.29) is 47.2 Å². The van der Waals surface area contributed by atoms with E-state index < -0.39 is 55.0 Å². The third-order valence-corrected chi connectivity index (χ3v) is 24.8. The number of carbonyl (C=O) groups is 3. The normalized spacial score (nSPS) is 20.2. The largest absolute Gasteiger partial charge is 0.455 e. The first-order valence-corrected chi connectivity index (χ1v) is 40.9. The Labute approximate surface area is 633 Å². The summed E-state index contributed by atoms with van der Waals surface area (Å²) in [5.74, 6) is -0.584. The van der Waals surface area contributed by atoms with Gasteiger partial charge in [0, 0.05) is 125 Å². The first kappa shape index (κ1) is 77.8. The second-order valence-electron chi connectivity index (χ2n) is 31.7. The van der Waals surface area contributed by atoms with Gasteiger partial charge < -0.3 is 45.5 Å². The molecule has 3 aromatic heterocycles. The van der Waals surface area contributed by atoms with Crippen LogP contribution in [0.5, 0.6) is 11.5 Å². The molecule has 22 nitrogen and oxygen atoms in total. The molecular weight excluding hydrogens is 1400 g/mol. The minimum atomic E-state index is -4.62. The van der Waals surface area contributed by atoms with Crippen LogP contribution in [-0.2, 0) is 26.2 Å². The van der Waals surface area contributed by atoms with Crippen LogP contribution in [0.3, 0.4) is 0 Å². The van der Waals surface area contributed by atoms with E-state index in [0.29, 0.717) is 56.1 Å². The smallest absolute Gasteiger partial charge is 0.293 e. The number of piperazine rings is 2. The number of β-amino-alcohol motifs (C(OH)–C–C–N with tert-alkyl or cyclic N) is 1. The number of benzene rings is 4. The molecule has 3 amide bonds. The molecular formula is C81H106ClN13O9S2. The van der Waals surface area contributed by atoms with Crippen molar-refractivity contribution in [1.29, 1.82) is 0 Å². The number of pyridine rings is 1. The van der Waals surface area contributed by atoms with Crippen LogP contribution in [0.2, 0.25) is 5.02 Å². The highest BCUT2D eigenvalue weighted by Gasteiger charge is 2.44. The number of amides is 3. The molecule has 0 spiro atoms. The van der Waals surface area contributed by atoms with E-state index in [9.17, 15) is 38.0 Å². The Morgan fingerprint density at radius 2 is 1.55 bits per heavy atom. The van der Waals surface area contributed by atoms with Gasteiger partial charge in [0.25, 0.3) is 21.6 Å². The van der Waals surface area contributed by atoms with Crippen molar-refractivity contribution < 1.29 is 37.6 Å². The molecule has 106 heavy (non-hydrogen) atoms. The van der Waals surface area contributed by atoms with Gasteiger partial charge in [-0.15, -0.1) is 11.3 Å². The maximum absolute atomic E-state index is 14.3. The predicted molar refractivity (Wildman–Crippen MR) is 421 cm³/mol. The van der Waals surface area contributed by atoms with E-state index in [1.807, 2.05) is 75.7 Å². The van der Waals surface area contributed by atoms with Crippen molar-refractivity contribution in [3.63, 3.8) is 0 Å². The number of nitrogens with one attached hydrogen (secondary N) is 5. The maximum atomic E-state index is 14.3. The molecule has 4 aromatic carbocycles. The van der Waals surface area contributed by atoms with Crippen molar-refractivity contribution in [2.45, 2.75) is 174 Å². The lowest BCUT2D eigenvalue weighted by molar-refractivity contribution is -0.384. The van der Waals surface area contributed by atoms with Crippen molar-refractivity contribution in [3.8, 4) is 21.9 Å². The Hall–Kier alpha value is -7.81. The Morgan fingerprint density at radius 1 is 0.840 bits per heavy atom. The van der Waals surface area contributed by atoms with Gasteiger partial charge in [-0.3, -0.25) is 34.3 Å². The van der Waals surface area contributed by atoms with Crippen molar-refractivity contribution >= 4 is 84.4 Å². The van der Waals surface area contributed by atoms with Crippen LogP contribution in [0, 0.1) is 33.8 Å². The average Bonchev–Trinajstić information content (AvgIpc) is 1.16. The molecule has 25 heteroatoms. The standard InChI is InChI=1S/C81H106ClN13O9S2/c1-55-74(105-54-88-55)59-18-14-56(15-19-59)50-87-78(98)72-46-65(96)53-94(72)79(99)75(80(2,3)4)83-33-12-10-8-7-9-11-13-35-90-36-40-92(41-37-90)63-24-16-57(17-25-63)49-85-70-29-27-67(47-71(70)95(100)101)106(102,103)89-77(97)68-28-26-64(45-73(68)104-66-44-60-31-34-84-76(60)86-51-66)93-42-38-91(39-43-93)52-61-30-32-81(5,6)48-69(61)58-20-22-62(82)23-21-58/h14-15,18-23,26-29,31,34,44-45,47,51,54,57,63,65,72,75,83,85,96H,7-13,16-17,24-25,30,32-33,35-43,46,48-50,52-53H2,1-6H3,(H,84,86)(H,87,98)(H,89,97)/t57?,63?,65-,72+,75-/m1/s1. The van der Waals surface area contributed by atoms with Crippen molar-refractivity contribution in [2.24, 2.45) is 16.7 Å². The number of hydrogen-bond donors (Lipinski definition) is 6. The molecule has 12 rings (SSSR count). The van der Waals surface area contributed by atoms with E-state index >= 15 is 0 Å². The summed E-state index contributed by atoms with van der Waals surface area (Å²) in [4.78, 5) is 78.2. The third kappa shape index (κ3) is 20.1. The number of unbranched alkanes of at least 4 members (excludes halogenated alkanes) is 6. The first-order valence-electron chi connectivity index (χ1n) is 38.1. The van der Waals surface area contributed by atoms with Gasteiger partial charge in [-0.05, 0) is 165 Å². The first-order chi connectivity index (χ1) is 50.9. The number of nitro benzene ring substituents is 1. The summed E-state index contributed by atoms with van der Waals surface area (Å²) in [5.41, 5.74) is 10.0.